The molecule has 0 spiro atoms. The van der Waals surface area contributed by atoms with Crippen LogP contribution in [0.4, 0.5) is 0 Å². The topological polar surface area (TPSA) is 59.3 Å². The van der Waals surface area contributed by atoms with Crippen molar-refractivity contribution in [2.45, 2.75) is 18.7 Å². The van der Waals surface area contributed by atoms with Crippen molar-refractivity contribution in [2.24, 2.45) is 7.05 Å². The molecule has 0 saturated carbocycles. The molecule has 1 aromatic heterocycles. The third kappa shape index (κ3) is 1.52. The van der Waals surface area contributed by atoms with Gasteiger partial charge in [0, 0.05) is 23.6 Å². The Bertz CT molecular complexity index is 668. The number of benzene rings is 1. The van der Waals surface area contributed by atoms with E-state index in [-0.39, 0.29) is 4.90 Å². The van der Waals surface area contributed by atoms with Crippen molar-refractivity contribution in [1.82, 2.24) is 4.57 Å². The average Bonchev–Trinajstić information content (AvgIpc) is 2.38. The monoisotopic (exact) mass is 239 g/mol. The molecule has 0 amide bonds. The van der Waals surface area contributed by atoms with Gasteiger partial charge >= 0.3 is 0 Å². The van der Waals surface area contributed by atoms with Gasteiger partial charge in [0.1, 0.15) is 4.90 Å². The number of fused-ring (bicyclic) bond motifs is 1. The van der Waals surface area contributed by atoms with Crippen LogP contribution in [-0.4, -0.2) is 17.5 Å². The third-order valence-corrected chi connectivity index (χ3v) is 3.88. The summed E-state index contributed by atoms with van der Waals surface area (Å²) >= 11 is 0. The Morgan fingerprint density at radius 1 is 1.25 bits per heavy atom. The summed E-state index contributed by atoms with van der Waals surface area (Å²) in [5.74, 6) is 0. The predicted molar refractivity (Wildman–Crippen MR) is 62.2 cm³/mol. The Labute approximate surface area is 94.3 Å². The van der Waals surface area contributed by atoms with Crippen LogP contribution in [-0.2, 0) is 17.2 Å². The second-order valence-corrected chi connectivity index (χ2v) is 5.33. The molecule has 1 heterocycles. The second-order valence-electron chi connectivity index (χ2n) is 3.97. The molecule has 0 aliphatic rings. The Hall–Kier alpha value is -1.33. The van der Waals surface area contributed by atoms with Gasteiger partial charge in [0.25, 0.3) is 10.1 Å². The molecular formula is C11H13NO3S. The fourth-order valence-electron chi connectivity index (χ4n) is 1.98. The summed E-state index contributed by atoms with van der Waals surface area (Å²) in [6.45, 7) is 3.56. The molecule has 0 fully saturated rings. The van der Waals surface area contributed by atoms with Gasteiger partial charge in [0.05, 0.1) is 0 Å². The van der Waals surface area contributed by atoms with Crippen molar-refractivity contribution >= 4 is 21.0 Å². The number of hydrogen-bond acceptors (Lipinski definition) is 2. The zero-order valence-electron chi connectivity index (χ0n) is 9.35. The summed E-state index contributed by atoms with van der Waals surface area (Å²) < 4.78 is 33.7. The van der Waals surface area contributed by atoms with Gasteiger partial charge in [-0.3, -0.25) is 4.55 Å². The molecule has 16 heavy (non-hydrogen) atoms. The molecule has 2 rings (SSSR count). The van der Waals surface area contributed by atoms with Crippen LogP contribution in [0.2, 0.25) is 0 Å². The number of rotatable bonds is 1. The Morgan fingerprint density at radius 3 is 2.44 bits per heavy atom. The molecule has 0 atom stereocenters. The van der Waals surface area contributed by atoms with E-state index in [2.05, 4.69) is 0 Å². The lowest BCUT2D eigenvalue weighted by molar-refractivity contribution is 0.483. The van der Waals surface area contributed by atoms with Crippen molar-refractivity contribution in [2.75, 3.05) is 0 Å². The lowest BCUT2D eigenvalue weighted by Gasteiger charge is -1.98. The molecule has 4 nitrogen and oxygen atoms in total. The second kappa shape index (κ2) is 3.33. The minimum absolute atomic E-state index is 0.00806. The number of nitrogens with zero attached hydrogens (tertiary/aromatic N) is 1. The van der Waals surface area contributed by atoms with Gasteiger partial charge in [0.2, 0.25) is 0 Å². The van der Waals surface area contributed by atoms with E-state index in [0.717, 1.165) is 11.1 Å². The van der Waals surface area contributed by atoms with Crippen LogP contribution in [0.15, 0.2) is 23.1 Å². The van der Waals surface area contributed by atoms with Gasteiger partial charge in [0.15, 0.2) is 0 Å². The first kappa shape index (κ1) is 11.2. The van der Waals surface area contributed by atoms with E-state index in [0.29, 0.717) is 11.1 Å². The third-order valence-electron chi connectivity index (χ3n) is 2.85. The van der Waals surface area contributed by atoms with E-state index in [4.69, 9.17) is 0 Å². The maximum absolute atomic E-state index is 11.3. The molecule has 0 unspecified atom stereocenters. The van der Waals surface area contributed by atoms with Crippen LogP contribution in [0.5, 0.6) is 0 Å². The van der Waals surface area contributed by atoms with E-state index in [1.165, 1.54) is 0 Å². The summed E-state index contributed by atoms with van der Waals surface area (Å²) in [6.07, 6.45) is 0. The molecule has 2 aromatic rings. The molecule has 0 bridgehead atoms. The molecular weight excluding hydrogens is 226 g/mol. The van der Waals surface area contributed by atoms with E-state index in [1.54, 1.807) is 24.6 Å². The molecule has 1 N–H and O–H groups in total. The maximum Gasteiger partial charge on any atom is 0.296 e. The minimum atomic E-state index is -4.18. The number of aromatic nitrogens is 1. The number of aryl methyl sites for hydroxylation is 2. The van der Waals surface area contributed by atoms with Crippen LogP contribution >= 0.6 is 0 Å². The van der Waals surface area contributed by atoms with Gasteiger partial charge in [-0.05, 0) is 26.0 Å². The van der Waals surface area contributed by atoms with Crippen molar-refractivity contribution in [3.63, 3.8) is 0 Å². The van der Waals surface area contributed by atoms with Gasteiger partial charge in [-0.2, -0.15) is 8.42 Å². The largest absolute Gasteiger partial charge is 0.347 e. The van der Waals surface area contributed by atoms with Crippen molar-refractivity contribution < 1.29 is 13.0 Å². The van der Waals surface area contributed by atoms with Gasteiger partial charge in [-0.25, -0.2) is 0 Å². The SMILES string of the molecule is Cc1ccc2c(c1)c(S(=O)(=O)O)c(C)n2C. The first-order valence-corrected chi connectivity index (χ1v) is 6.29. The summed E-state index contributed by atoms with van der Waals surface area (Å²) in [6, 6.07) is 5.54. The molecule has 0 aliphatic carbocycles. The minimum Gasteiger partial charge on any atom is -0.347 e. The van der Waals surface area contributed by atoms with Gasteiger partial charge in [-0.1, -0.05) is 11.6 Å². The van der Waals surface area contributed by atoms with Crippen LogP contribution in [0, 0.1) is 13.8 Å². The predicted octanol–water partition coefficient (Wildman–Crippen LogP) is 2.04. The summed E-state index contributed by atoms with van der Waals surface area (Å²) in [5, 5.41) is 0.572. The van der Waals surface area contributed by atoms with Crippen LogP contribution < -0.4 is 0 Å². The first-order chi connectivity index (χ1) is 7.32. The highest BCUT2D eigenvalue weighted by Gasteiger charge is 2.21. The number of hydrogen-bond donors (Lipinski definition) is 1. The van der Waals surface area contributed by atoms with Gasteiger partial charge in [-0.15, -0.1) is 0 Å². The smallest absolute Gasteiger partial charge is 0.296 e. The highest BCUT2D eigenvalue weighted by molar-refractivity contribution is 7.86. The Balaban J connectivity index is 3.04. The van der Waals surface area contributed by atoms with Crippen LogP contribution in [0.25, 0.3) is 10.9 Å². The lowest BCUT2D eigenvalue weighted by atomic mass is 10.2. The molecule has 0 aliphatic heterocycles. The fourth-order valence-corrected chi connectivity index (χ4v) is 2.93. The summed E-state index contributed by atoms with van der Waals surface area (Å²) in [7, 11) is -2.40. The Kier molecular flexibility index (Phi) is 2.32. The fraction of sp³-hybridized carbons (Fsp3) is 0.273. The molecule has 5 heteroatoms. The van der Waals surface area contributed by atoms with Crippen LogP contribution in [0.3, 0.4) is 0 Å². The van der Waals surface area contributed by atoms with E-state index >= 15 is 0 Å². The standard InChI is InChI=1S/C11H13NO3S/c1-7-4-5-10-9(6-7)11(16(13,14)15)8(2)12(10)3/h4-6H,1-3H3,(H,13,14,15). The molecule has 1 aromatic carbocycles. The van der Waals surface area contributed by atoms with Crippen molar-refractivity contribution in [1.29, 1.82) is 0 Å². The quantitative estimate of drug-likeness (QED) is 0.775. The first-order valence-electron chi connectivity index (χ1n) is 4.85. The van der Waals surface area contributed by atoms with E-state index in [9.17, 15) is 13.0 Å². The van der Waals surface area contributed by atoms with Crippen molar-refractivity contribution in [3.8, 4) is 0 Å². The van der Waals surface area contributed by atoms with Crippen molar-refractivity contribution in [3.05, 3.63) is 29.5 Å². The summed E-state index contributed by atoms with van der Waals surface area (Å²) in [4.78, 5) is 0.00806. The highest BCUT2D eigenvalue weighted by atomic mass is 32.2. The highest BCUT2D eigenvalue weighted by Crippen LogP contribution is 2.29. The normalized spacial score (nSPS) is 12.2. The van der Waals surface area contributed by atoms with Crippen LogP contribution in [0.1, 0.15) is 11.3 Å². The lowest BCUT2D eigenvalue weighted by Crippen LogP contribution is -2.00. The van der Waals surface area contributed by atoms with E-state index in [1.807, 2.05) is 19.1 Å². The zero-order chi connectivity index (χ0) is 12.1. The Morgan fingerprint density at radius 2 is 1.88 bits per heavy atom. The molecule has 0 radical (unpaired) electrons. The zero-order valence-corrected chi connectivity index (χ0v) is 10.2. The summed E-state index contributed by atoms with van der Waals surface area (Å²) in [5.41, 5.74) is 2.31. The molecule has 86 valence electrons. The van der Waals surface area contributed by atoms with Gasteiger partial charge < -0.3 is 4.57 Å². The average molecular weight is 239 g/mol. The molecule has 0 saturated heterocycles. The maximum atomic E-state index is 11.3. The van der Waals surface area contributed by atoms with E-state index < -0.39 is 10.1 Å².